The molecule has 0 rings (SSSR count). The number of Topliss-reactive ketones (excluding diaryl/α,β-unsaturated/α-hetero) is 2. The predicted octanol–water partition coefficient (Wildman–Crippen LogP) is 7.53. The Kier molecular flexibility index (Phi) is 19.1. The molecule has 33 heavy (non-hydrogen) atoms. The summed E-state index contributed by atoms with van der Waals surface area (Å²) in [7, 11) is 0. The Labute approximate surface area is 206 Å². The Hall–Kier alpha value is -0.740. The molecule has 0 spiro atoms. The lowest BCUT2D eigenvalue weighted by molar-refractivity contribution is -0.124. The van der Waals surface area contributed by atoms with Gasteiger partial charge in [-0.25, -0.2) is 0 Å². The highest BCUT2D eigenvalue weighted by atomic mass is 16.1. The van der Waals surface area contributed by atoms with Crippen molar-refractivity contribution in [3.63, 3.8) is 0 Å². The first-order valence-electron chi connectivity index (χ1n) is 14.2. The number of carbonyl (C=O) groups excluding carboxylic acids is 2. The van der Waals surface area contributed by atoms with E-state index in [-0.39, 0.29) is 0 Å². The zero-order valence-electron chi connectivity index (χ0n) is 23.3. The molecular formula is C29H58N2O2. The number of rotatable bonds is 24. The molecule has 0 bridgehead atoms. The minimum Gasteiger partial charge on any atom is -0.305 e. The molecule has 4 nitrogen and oxygen atoms in total. The zero-order valence-corrected chi connectivity index (χ0v) is 23.3. The number of hydrogen-bond acceptors (Lipinski definition) is 4. The molecule has 0 radical (unpaired) electrons. The molecule has 0 heterocycles. The average Bonchev–Trinajstić information content (AvgIpc) is 2.77. The number of hydrogen-bond donors (Lipinski definition) is 2. The first kappa shape index (κ1) is 32.3. The summed E-state index contributed by atoms with van der Waals surface area (Å²) >= 11 is 0. The molecule has 0 fully saturated rings. The van der Waals surface area contributed by atoms with Crippen LogP contribution in [-0.2, 0) is 9.59 Å². The summed E-state index contributed by atoms with van der Waals surface area (Å²) in [5, 5.41) is 6.86. The second-order valence-electron chi connectivity index (χ2n) is 11.0. The van der Waals surface area contributed by atoms with Gasteiger partial charge in [0.1, 0.15) is 0 Å². The molecule has 0 aromatic heterocycles. The van der Waals surface area contributed by atoms with E-state index in [1.54, 1.807) is 0 Å². The van der Waals surface area contributed by atoms with Crippen LogP contribution < -0.4 is 10.6 Å². The van der Waals surface area contributed by atoms with Gasteiger partial charge in [-0.3, -0.25) is 9.59 Å². The number of nitrogens with one attached hydrogen (secondary N) is 2. The third-order valence-corrected chi connectivity index (χ3v) is 6.90. The quantitative estimate of drug-likeness (QED) is 0.144. The smallest absolute Gasteiger partial charge is 0.152 e. The average molecular weight is 467 g/mol. The van der Waals surface area contributed by atoms with Gasteiger partial charge in [0.15, 0.2) is 11.6 Å². The van der Waals surface area contributed by atoms with E-state index in [0.29, 0.717) is 24.4 Å². The van der Waals surface area contributed by atoms with Crippen LogP contribution >= 0.6 is 0 Å². The lowest BCUT2D eigenvalue weighted by Gasteiger charge is -2.27. The van der Waals surface area contributed by atoms with Crippen molar-refractivity contribution in [3.05, 3.63) is 0 Å². The number of carbonyl (C=O) groups is 2. The molecule has 0 aliphatic heterocycles. The summed E-state index contributed by atoms with van der Waals surface area (Å²) in [5.74, 6) is 0.628. The summed E-state index contributed by atoms with van der Waals surface area (Å²) < 4.78 is 0. The molecule has 0 saturated heterocycles. The normalized spacial score (nSPS) is 12.3. The third-order valence-electron chi connectivity index (χ3n) is 6.90. The lowest BCUT2D eigenvalue weighted by atomic mass is 9.93. The number of unbranched alkanes of at least 4 members (excludes halogenated alkanes) is 12. The minimum atomic E-state index is -0.468. The van der Waals surface area contributed by atoms with Gasteiger partial charge in [-0.1, -0.05) is 90.9 Å². The Morgan fingerprint density at radius 1 is 0.485 bits per heavy atom. The van der Waals surface area contributed by atoms with Crippen LogP contribution in [0.25, 0.3) is 0 Å². The molecule has 2 N–H and O–H groups in total. The zero-order chi connectivity index (χ0) is 25.0. The Morgan fingerprint density at radius 3 is 1.12 bits per heavy atom. The van der Waals surface area contributed by atoms with Crippen LogP contribution in [0.2, 0.25) is 0 Å². The van der Waals surface area contributed by atoms with Gasteiger partial charge < -0.3 is 10.6 Å². The van der Waals surface area contributed by atoms with Crippen molar-refractivity contribution in [1.29, 1.82) is 0 Å². The van der Waals surface area contributed by atoms with E-state index in [4.69, 9.17) is 0 Å². The topological polar surface area (TPSA) is 58.2 Å². The fourth-order valence-electron chi connectivity index (χ4n) is 4.20. The van der Waals surface area contributed by atoms with E-state index in [1.807, 2.05) is 27.7 Å². The Morgan fingerprint density at radius 2 is 0.788 bits per heavy atom. The van der Waals surface area contributed by atoms with Crippen LogP contribution in [0.3, 0.4) is 0 Å². The minimum absolute atomic E-state index is 0.314. The lowest BCUT2D eigenvalue weighted by Crippen LogP contribution is -2.49. The maximum atomic E-state index is 12.6. The van der Waals surface area contributed by atoms with Gasteiger partial charge in [-0.2, -0.15) is 0 Å². The molecule has 4 heteroatoms. The molecule has 0 aromatic rings. The first-order chi connectivity index (χ1) is 15.7. The molecular weight excluding hydrogens is 408 g/mol. The first-order valence-corrected chi connectivity index (χ1v) is 14.2. The van der Waals surface area contributed by atoms with Gasteiger partial charge >= 0.3 is 0 Å². The molecule has 0 unspecified atom stereocenters. The molecule has 0 aliphatic carbocycles. The van der Waals surface area contributed by atoms with E-state index in [9.17, 15) is 9.59 Å². The second-order valence-corrected chi connectivity index (χ2v) is 11.0. The van der Waals surface area contributed by atoms with Crippen LogP contribution in [0.15, 0.2) is 0 Å². The summed E-state index contributed by atoms with van der Waals surface area (Å²) in [6.45, 7) is 14.0. The van der Waals surface area contributed by atoms with Crippen LogP contribution in [0.1, 0.15) is 151 Å². The highest BCUT2D eigenvalue weighted by Crippen LogP contribution is 2.15. The highest BCUT2D eigenvalue weighted by molar-refractivity contribution is 5.87. The van der Waals surface area contributed by atoms with Crippen molar-refractivity contribution < 1.29 is 9.59 Å². The van der Waals surface area contributed by atoms with E-state index >= 15 is 0 Å². The third kappa shape index (κ3) is 17.4. The summed E-state index contributed by atoms with van der Waals surface area (Å²) in [6.07, 6.45) is 19.6. The summed E-state index contributed by atoms with van der Waals surface area (Å²) in [4.78, 5) is 25.2. The maximum Gasteiger partial charge on any atom is 0.152 e. The molecule has 0 amide bonds. The van der Waals surface area contributed by atoms with Gasteiger partial charge in [-0.15, -0.1) is 0 Å². The van der Waals surface area contributed by atoms with Crippen molar-refractivity contribution in [3.8, 4) is 0 Å². The predicted molar refractivity (Wildman–Crippen MR) is 144 cm³/mol. The van der Waals surface area contributed by atoms with E-state index in [0.717, 1.165) is 45.2 Å². The maximum absolute atomic E-state index is 12.6. The van der Waals surface area contributed by atoms with Gasteiger partial charge in [0, 0.05) is 12.8 Å². The van der Waals surface area contributed by atoms with Crippen LogP contribution in [0.4, 0.5) is 0 Å². The number of ketones is 2. The van der Waals surface area contributed by atoms with Crippen molar-refractivity contribution in [2.45, 2.75) is 162 Å². The Balaban J connectivity index is 3.91. The molecule has 0 aliphatic rings. The van der Waals surface area contributed by atoms with Crippen molar-refractivity contribution >= 4 is 11.6 Å². The van der Waals surface area contributed by atoms with Crippen LogP contribution in [0.5, 0.6) is 0 Å². The molecule has 0 saturated carbocycles. The summed E-state index contributed by atoms with van der Waals surface area (Å²) in [6, 6.07) is 0. The molecule has 196 valence electrons. The largest absolute Gasteiger partial charge is 0.305 e. The SMILES string of the molecule is CCCCCCCCCC(=O)C(C)(C)NCCCNC(C)(C)C(=O)CCCCCCCCC. The van der Waals surface area contributed by atoms with Crippen molar-refractivity contribution in [2.24, 2.45) is 0 Å². The van der Waals surface area contributed by atoms with Crippen LogP contribution in [-0.4, -0.2) is 35.7 Å². The fraction of sp³-hybridized carbons (Fsp3) is 0.931. The van der Waals surface area contributed by atoms with E-state index in [1.165, 1.54) is 64.2 Å². The second kappa shape index (κ2) is 19.6. The standard InChI is InChI=1S/C29H58N2O2/c1-7-9-11-13-15-17-19-22-26(32)28(3,4)30-24-21-25-31-29(5,6)27(33)23-20-18-16-14-12-10-8-2/h30-31H,7-25H2,1-6H3. The van der Waals surface area contributed by atoms with Gasteiger partial charge in [0.05, 0.1) is 11.1 Å². The molecule has 0 aromatic carbocycles. The monoisotopic (exact) mass is 466 g/mol. The van der Waals surface area contributed by atoms with Crippen molar-refractivity contribution in [2.75, 3.05) is 13.1 Å². The Bertz CT molecular complexity index is 456. The van der Waals surface area contributed by atoms with Crippen LogP contribution in [0, 0.1) is 0 Å². The molecule has 0 atom stereocenters. The van der Waals surface area contributed by atoms with Gasteiger partial charge in [-0.05, 0) is 60.0 Å². The summed E-state index contributed by atoms with van der Waals surface area (Å²) in [5.41, 5.74) is -0.935. The van der Waals surface area contributed by atoms with E-state index in [2.05, 4.69) is 24.5 Å². The van der Waals surface area contributed by atoms with Crippen molar-refractivity contribution in [1.82, 2.24) is 10.6 Å². The highest BCUT2D eigenvalue weighted by Gasteiger charge is 2.27. The van der Waals surface area contributed by atoms with E-state index < -0.39 is 11.1 Å². The van der Waals surface area contributed by atoms with Gasteiger partial charge in [0.25, 0.3) is 0 Å². The fourth-order valence-corrected chi connectivity index (χ4v) is 4.20. The van der Waals surface area contributed by atoms with Gasteiger partial charge in [0.2, 0.25) is 0 Å².